The summed E-state index contributed by atoms with van der Waals surface area (Å²) in [5.74, 6) is 4.88. The number of hydrogen-bond donors (Lipinski definition) is 2. The zero-order valence-electron chi connectivity index (χ0n) is 20.6. The van der Waals surface area contributed by atoms with Crippen LogP contribution in [-0.2, 0) is 0 Å². The lowest BCUT2D eigenvalue weighted by Crippen LogP contribution is -2.56. The van der Waals surface area contributed by atoms with E-state index in [0.29, 0.717) is 11.3 Å². The summed E-state index contributed by atoms with van der Waals surface area (Å²) in [6.45, 7) is 12.3. The summed E-state index contributed by atoms with van der Waals surface area (Å²) in [5.41, 5.74) is 2.51. The van der Waals surface area contributed by atoms with Crippen LogP contribution in [0.2, 0.25) is 0 Å². The van der Waals surface area contributed by atoms with Crippen molar-refractivity contribution in [3.63, 3.8) is 0 Å². The maximum absolute atomic E-state index is 9.97. The molecule has 0 heterocycles. The second-order valence-corrected chi connectivity index (χ2v) is 12.6. The first-order valence-electron chi connectivity index (χ1n) is 13.1. The Labute approximate surface area is 189 Å². The molecule has 4 fully saturated rings. The molecule has 2 N–H and O–H groups in total. The Kier molecular flexibility index (Phi) is 6.49. The van der Waals surface area contributed by atoms with E-state index in [4.69, 9.17) is 0 Å². The molecule has 4 saturated carbocycles. The molecule has 0 aromatic heterocycles. The molecule has 4 nitrogen and oxygen atoms in total. The van der Waals surface area contributed by atoms with Crippen LogP contribution in [0.25, 0.3) is 0 Å². The van der Waals surface area contributed by atoms with Gasteiger partial charge in [0.25, 0.3) is 0 Å². The molecular weight excluding hydrogens is 384 g/mol. The molecule has 0 aromatic rings. The van der Waals surface area contributed by atoms with E-state index >= 15 is 0 Å². The molecular formula is C27H46N2O2. The third kappa shape index (κ3) is 3.84. The predicted octanol–water partition coefficient (Wildman–Crippen LogP) is 7.38. The maximum Gasteiger partial charge on any atom is 0.0613 e. The maximum atomic E-state index is 9.97. The normalized spacial score (nSPS) is 46.1. The van der Waals surface area contributed by atoms with Gasteiger partial charge in [0.15, 0.2) is 0 Å². The molecule has 8 atom stereocenters. The van der Waals surface area contributed by atoms with Crippen LogP contribution in [0.4, 0.5) is 0 Å². The van der Waals surface area contributed by atoms with Crippen LogP contribution in [0.15, 0.2) is 10.3 Å². The second-order valence-electron chi connectivity index (χ2n) is 12.6. The summed E-state index contributed by atoms with van der Waals surface area (Å²) in [6, 6.07) is 0. The van der Waals surface area contributed by atoms with Gasteiger partial charge >= 0.3 is 0 Å². The van der Waals surface area contributed by atoms with E-state index in [0.717, 1.165) is 66.7 Å². The lowest BCUT2D eigenvalue weighted by atomic mass is 9.44. The van der Waals surface area contributed by atoms with E-state index in [1.54, 1.807) is 0 Å². The number of rotatable bonds is 5. The summed E-state index contributed by atoms with van der Waals surface area (Å²) < 4.78 is 0. The molecule has 0 aliphatic heterocycles. The van der Waals surface area contributed by atoms with Gasteiger partial charge in [0.2, 0.25) is 0 Å². The van der Waals surface area contributed by atoms with Crippen LogP contribution in [-0.4, -0.2) is 21.8 Å². The van der Waals surface area contributed by atoms with Gasteiger partial charge in [-0.2, -0.15) is 0 Å². The Morgan fingerprint density at radius 2 is 1.65 bits per heavy atom. The van der Waals surface area contributed by atoms with Crippen LogP contribution < -0.4 is 0 Å². The van der Waals surface area contributed by atoms with Crippen LogP contribution >= 0.6 is 0 Å². The molecule has 0 bridgehead atoms. The third-order valence-electron chi connectivity index (χ3n) is 10.8. The molecule has 0 unspecified atom stereocenters. The van der Waals surface area contributed by atoms with Crippen molar-refractivity contribution in [2.45, 2.75) is 105 Å². The molecule has 0 spiro atoms. The van der Waals surface area contributed by atoms with Gasteiger partial charge < -0.3 is 10.4 Å². The Morgan fingerprint density at radius 3 is 2.32 bits per heavy atom. The molecule has 0 aromatic carbocycles. The van der Waals surface area contributed by atoms with E-state index in [1.165, 1.54) is 44.9 Å². The van der Waals surface area contributed by atoms with Crippen LogP contribution in [0, 0.1) is 52.3 Å². The van der Waals surface area contributed by atoms with Gasteiger partial charge in [0, 0.05) is 5.92 Å². The SMILES string of the molecule is CC(C)CCC[C@@H](C)[C@@H]1CC[C@@H]2[C@@H]3C/C(=N/O)[C@H]4C/C(=N\O)CC[C@]4(C)[C@@H]3CC[C@@]21C. The van der Waals surface area contributed by atoms with Gasteiger partial charge in [0.05, 0.1) is 11.4 Å². The van der Waals surface area contributed by atoms with Gasteiger partial charge in [-0.15, -0.1) is 0 Å². The Balaban J connectivity index is 1.54. The smallest absolute Gasteiger partial charge is 0.0613 e. The van der Waals surface area contributed by atoms with Crippen molar-refractivity contribution < 1.29 is 10.4 Å². The summed E-state index contributed by atoms with van der Waals surface area (Å²) in [7, 11) is 0. The van der Waals surface area contributed by atoms with Gasteiger partial charge in [-0.05, 0) is 97.7 Å². The van der Waals surface area contributed by atoms with E-state index in [9.17, 15) is 10.4 Å². The molecule has 4 aliphatic carbocycles. The number of nitrogens with zero attached hydrogens (tertiary/aromatic N) is 2. The highest BCUT2D eigenvalue weighted by Crippen LogP contribution is 2.67. The minimum Gasteiger partial charge on any atom is -0.411 e. The largest absolute Gasteiger partial charge is 0.411 e. The predicted molar refractivity (Wildman–Crippen MR) is 127 cm³/mol. The third-order valence-corrected chi connectivity index (χ3v) is 10.8. The number of oxime groups is 2. The fourth-order valence-electron chi connectivity index (χ4n) is 9.10. The van der Waals surface area contributed by atoms with Crippen LogP contribution in [0.3, 0.4) is 0 Å². The minimum absolute atomic E-state index is 0.182. The first-order chi connectivity index (χ1) is 14.7. The standard InChI is InChI=1S/C27H46N2O2/c1-17(2)7-6-8-18(3)21-9-10-22-20-16-25(29-31)24-15-19(28-30)11-13-27(24,5)23(20)12-14-26(21,22)4/h17-18,20-24,30-31H,6-16H2,1-5H3/b28-19-,29-25-/t18-,20+,21+,22-,23-,24-,26-,27-/m1/s1. The highest BCUT2D eigenvalue weighted by atomic mass is 16.4. The van der Waals surface area contributed by atoms with Gasteiger partial charge in [0.1, 0.15) is 0 Å². The van der Waals surface area contributed by atoms with Gasteiger partial charge in [-0.25, -0.2) is 0 Å². The lowest BCUT2D eigenvalue weighted by Gasteiger charge is -2.60. The Morgan fingerprint density at radius 1 is 0.903 bits per heavy atom. The first kappa shape index (κ1) is 23.1. The van der Waals surface area contributed by atoms with E-state index in [-0.39, 0.29) is 11.3 Å². The first-order valence-corrected chi connectivity index (χ1v) is 13.1. The van der Waals surface area contributed by atoms with E-state index in [1.807, 2.05) is 0 Å². The fraction of sp³-hybridized carbons (Fsp3) is 0.926. The molecule has 176 valence electrons. The van der Waals surface area contributed by atoms with E-state index < -0.39 is 0 Å². The number of hydrogen-bond acceptors (Lipinski definition) is 4. The molecule has 4 heteroatoms. The minimum atomic E-state index is 0.182. The van der Waals surface area contributed by atoms with Crippen molar-refractivity contribution in [3.05, 3.63) is 0 Å². The van der Waals surface area contributed by atoms with Crippen molar-refractivity contribution in [1.82, 2.24) is 0 Å². The molecule has 4 aliphatic rings. The Hall–Kier alpha value is -1.06. The Bertz CT molecular complexity index is 716. The zero-order valence-corrected chi connectivity index (χ0v) is 20.6. The van der Waals surface area contributed by atoms with Crippen LogP contribution in [0.5, 0.6) is 0 Å². The highest BCUT2D eigenvalue weighted by Gasteiger charge is 2.62. The molecule has 0 amide bonds. The van der Waals surface area contributed by atoms with Gasteiger partial charge in [-0.3, -0.25) is 0 Å². The van der Waals surface area contributed by atoms with Crippen molar-refractivity contribution in [3.8, 4) is 0 Å². The molecule has 0 saturated heterocycles. The van der Waals surface area contributed by atoms with Crippen molar-refractivity contribution in [2.24, 2.45) is 62.6 Å². The van der Waals surface area contributed by atoms with Crippen molar-refractivity contribution in [2.75, 3.05) is 0 Å². The monoisotopic (exact) mass is 430 g/mol. The second kappa shape index (κ2) is 8.71. The average molecular weight is 431 g/mol. The molecule has 0 radical (unpaired) electrons. The summed E-state index contributed by atoms with van der Waals surface area (Å²) in [5, 5.41) is 26.8. The number of fused-ring (bicyclic) bond motifs is 5. The fourth-order valence-corrected chi connectivity index (χ4v) is 9.10. The van der Waals surface area contributed by atoms with Gasteiger partial charge in [-0.1, -0.05) is 64.2 Å². The molecule has 4 rings (SSSR count). The molecule has 31 heavy (non-hydrogen) atoms. The summed E-state index contributed by atoms with van der Waals surface area (Å²) in [4.78, 5) is 0. The topological polar surface area (TPSA) is 65.2 Å². The quantitative estimate of drug-likeness (QED) is 0.353. The highest BCUT2D eigenvalue weighted by molar-refractivity contribution is 5.95. The lowest BCUT2D eigenvalue weighted by molar-refractivity contribution is -0.0734. The summed E-state index contributed by atoms with van der Waals surface area (Å²) in [6.07, 6.45) is 13.2. The summed E-state index contributed by atoms with van der Waals surface area (Å²) >= 11 is 0. The zero-order chi connectivity index (χ0) is 22.4. The van der Waals surface area contributed by atoms with Crippen LogP contribution in [0.1, 0.15) is 105 Å². The van der Waals surface area contributed by atoms with E-state index in [2.05, 4.69) is 44.9 Å². The van der Waals surface area contributed by atoms with Crippen molar-refractivity contribution in [1.29, 1.82) is 0 Å². The van der Waals surface area contributed by atoms with Crippen molar-refractivity contribution >= 4 is 11.4 Å². The average Bonchev–Trinajstić information content (AvgIpc) is 3.09.